The summed E-state index contributed by atoms with van der Waals surface area (Å²) in [6.07, 6.45) is 0.112. The van der Waals surface area contributed by atoms with Gasteiger partial charge in [0.2, 0.25) is 5.91 Å². The molecule has 2 amide bonds. The van der Waals surface area contributed by atoms with E-state index in [4.69, 9.17) is 0 Å². The van der Waals surface area contributed by atoms with E-state index in [9.17, 15) is 36.3 Å². The Balaban J connectivity index is 1.08. The lowest BCUT2D eigenvalue weighted by molar-refractivity contribution is -0.137. The molecule has 2 fully saturated rings. The smallest absolute Gasteiger partial charge is 0.385 e. The molecule has 3 aromatic carbocycles. The van der Waals surface area contributed by atoms with Crippen molar-refractivity contribution in [3.05, 3.63) is 89.5 Å². The fraction of sp³-hybridized carbons (Fsp3) is 0.394. The van der Waals surface area contributed by atoms with E-state index in [1.165, 1.54) is 12.3 Å². The maximum absolute atomic E-state index is 12.9. The number of hydrogen-bond acceptors (Lipinski definition) is 6. The zero-order valence-corrected chi connectivity index (χ0v) is 25.6. The third-order valence-electron chi connectivity index (χ3n) is 8.78. The van der Waals surface area contributed by atoms with Gasteiger partial charge in [-0.2, -0.15) is 13.2 Å². The molecule has 3 aromatic rings. The normalized spacial score (nSPS) is 22.6. The summed E-state index contributed by atoms with van der Waals surface area (Å²) >= 11 is 0. The summed E-state index contributed by atoms with van der Waals surface area (Å²) in [6, 6.07) is 18.6. The number of likely N-dealkylation sites (tertiary alicyclic amines) is 1. The average Bonchev–Trinajstić information content (AvgIpc) is 3.48. The van der Waals surface area contributed by atoms with Crippen molar-refractivity contribution in [3.8, 4) is 11.1 Å². The highest BCUT2D eigenvalue weighted by molar-refractivity contribution is 7.90. The molecule has 3 N–H and O–H groups in total. The van der Waals surface area contributed by atoms with Crippen LogP contribution >= 0.6 is 0 Å². The molecule has 12 heteroatoms. The number of carbonyl (C=O) groups excluding carboxylic acids is 2. The number of hydrogen-bond donors (Lipinski definition) is 3. The maximum atomic E-state index is 12.9. The third kappa shape index (κ3) is 7.92. The molecule has 1 atom stereocenters. The van der Waals surface area contributed by atoms with Crippen LogP contribution in [0.25, 0.3) is 11.1 Å². The molecular formula is C33H36F3N3O5S. The molecule has 1 aliphatic heterocycles. The van der Waals surface area contributed by atoms with Gasteiger partial charge >= 0.3 is 6.18 Å². The standard InChI is InChI=1S/C33H36F3N3O5S/c1-45(43,44)29-11-7-23(8-12-29)22-5-9-25(10-6-22)32(42)16-13-28(14-17-32)39-18-15-27(21-39)38-30(40)20-37-31(41)24-3-2-4-26(19-24)33(34,35)36/h2-12,19,27-28,42H,13-18,20-21H2,1H3,(H,37,41)(H,38,40)/t27-,28?,32?/m1/s1. The van der Waals surface area contributed by atoms with Gasteiger partial charge in [0.15, 0.2) is 9.84 Å². The van der Waals surface area contributed by atoms with Crippen LogP contribution in [0, 0.1) is 0 Å². The summed E-state index contributed by atoms with van der Waals surface area (Å²) in [7, 11) is -3.26. The number of alkyl halides is 3. The number of amides is 2. The highest BCUT2D eigenvalue weighted by Gasteiger charge is 2.38. The van der Waals surface area contributed by atoms with Gasteiger partial charge in [-0.15, -0.1) is 0 Å². The fourth-order valence-corrected chi connectivity index (χ4v) is 6.85. The van der Waals surface area contributed by atoms with Crippen LogP contribution in [-0.2, 0) is 26.4 Å². The molecule has 2 aliphatic rings. The minimum absolute atomic E-state index is 0.109. The Morgan fingerprint density at radius 3 is 2.18 bits per heavy atom. The van der Waals surface area contributed by atoms with Crippen LogP contribution in [0.3, 0.4) is 0 Å². The van der Waals surface area contributed by atoms with Crippen molar-refractivity contribution in [1.29, 1.82) is 0 Å². The predicted octanol–water partition coefficient (Wildman–Crippen LogP) is 4.53. The first-order valence-corrected chi connectivity index (χ1v) is 16.7. The second-order valence-corrected chi connectivity index (χ2v) is 14.0. The van der Waals surface area contributed by atoms with Crippen LogP contribution in [0.2, 0.25) is 0 Å². The van der Waals surface area contributed by atoms with Crippen molar-refractivity contribution in [1.82, 2.24) is 15.5 Å². The van der Waals surface area contributed by atoms with Crippen LogP contribution in [0.5, 0.6) is 0 Å². The Hall–Kier alpha value is -3.74. The first kappa shape index (κ1) is 32.6. The molecule has 0 unspecified atom stereocenters. The summed E-state index contributed by atoms with van der Waals surface area (Å²) in [4.78, 5) is 27.3. The topological polar surface area (TPSA) is 116 Å². The molecule has 0 radical (unpaired) electrons. The Labute approximate surface area is 260 Å². The number of aliphatic hydroxyl groups is 1. The molecular weight excluding hydrogens is 607 g/mol. The van der Waals surface area contributed by atoms with E-state index >= 15 is 0 Å². The van der Waals surface area contributed by atoms with Gasteiger partial charge in [-0.05, 0) is 79.1 Å². The van der Waals surface area contributed by atoms with E-state index in [-0.39, 0.29) is 29.1 Å². The molecule has 8 nitrogen and oxygen atoms in total. The summed E-state index contributed by atoms with van der Waals surface area (Å²) in [5.74, 6) is -1.16. The Kier molecular flexibility index (Phi) is 9.39. The summed E-state index contributed by atoms with van der Waals surface area (Å²) < 4.78 is 62.3. The summed E-state index contributed by atoms with van der Waals surface area (Å²) in [5, 5.41) is 16.8. The van der Waals surface area contributed by atoms with Crippen LogP contribution in [-0.4, -0.2) is 68.2 Å². The van der Waals surface area contributed by atoms with Crippen LogP contribution < -0.4 is 10.6 Å². The van der Waals surface area contributed by atoms with Gasteiger partial charge in [0.05, 0.1) is 22.6 Å². The average molecular weight is 644 g/mol. The van der Waals surface area contributed by atoms with E-state index in [1.54, 1.807) is 24.3 Å². The molecule has 1 saturated heterocycles. The number of rotatable bonds is 8. The van der Waals surface area contributed by atoms with Gasteiger partial charge in [-0.25, -0.2) is 8.42 Å². The molecule has 45 heavy (non-hydrogen) atoms. The van der Waals surface area contributed by atoms with E-state index in [0.717, 1.165) is 60.7 Å². The van der Waals surface area contributed by atoms with Crippen molar-refractivity contribution in [3.63, 3.8) is 0 Å². The van der Waals surface area contributed by atoms with Crippen molar-refractivity contribution >= 4 is 21.7 Å². The van der Waals surface area contributed by atoms with Crippen LogP contribution in [0.4, 0.5) is 13.2 Å². The lowest BCUT2D eigenvalue weighted by Gasteiger charge is -2.40. The largest absolute Gasteiger partial charge is 0.416 e. The number of halogens is 3. The second-order valence-electron chi connectivity index (χ2n) is 11.9. The Morgan fingerprint density at radius 2 is 1.58 bits per heavy atom. The highest BCUT2D eigenvalue weighted by atomic mass is 32.2. The van der Waals surface area contributed by atoms with E-state index in [0.29, 0.717) is 19.4 Å². The van der Waals surface area contributed by atoms with E-state index in [2.05, 4.69) is 15.5 Å². The molecule has 1 aliphatic carbocycles. The van der Waals surface area contributed by atoms with Gasteiger partial charge in [0, 0.05) is 37.0 Å². The van der Waals surface area contributed by atoms with Gasteiger partial charge in [-0.1, -0.05) is 42.5 Å². The minimum atomic E-state index is -4.57. The summed E-state index contributed by atoms with van der Waals surface area (Å²) in [6.45, 7) is 1.09. The number of benzene rings is 3. The van der Waals surface area contributed by atoms with Gasteiger partial charge in [0.25, 0.3) is 5.91 Å². The highest BCUT2D eigenvalue weighted by Crippen LogP contribution is 2.40. The summed E-state index contributed by atoms with van der Waals surface area (Å²) in [5.41, 5.74) is 0.617. The Bertz CT molecular complexity index is 1640. The van der Waals surface area contributed by atoms with Gasteiger partial charge in [-0.3, -0.25) is 14.5 Å². The zero-order valence-electron chi connectivity index (χ0n) is 24.8. The third-order valence-corrected chi connectivity index (χ3v) is 9.91. The number of sulfone groups is 1. The van der Waals surface area contributed by atoms with E-state index in [1.807, 2.05) is 24.3 Å². The van der Waals surface area contributed by atoms with Gasteiger partial charge < -0.3 is 15.7 Å². The van der Waals surface area contributed by atoms with Crippen LogP contribution in [0.1, 0.15) is 53.6 Å². The Morgan fingerprint density at radius 1 is 0.956 bits per heavy atom. The lowest BCUT2D eigenvalue weighted by Crippen LogP contribution is -2.45. The quantitative estimate of drug-likeness (QED) is 0.333. The molecule has 240 valence electrons. The van der Waals surface area contributed by atoms with Gasteiger partial charge in [0.1, 0.15) is 0 Å². The molecule has 0 spiro atoms. The first-order valence-electron chi connectivity index (χ1n) is 14.8. The molecule has 5 rings (SSSR count). The zero-order chi connectivity index (χ0) is 32.4. The molecule has 1 heterocycles. The van der Waals surface area contributed by atoms with Crippen molar-refractivity contribution in [2.45, 2.75) is 60.9 Å². The molecule has 0 bridgehead atoms. The monoisotopic (exact) mass is 643 g/mol. The number of nitrogens with one attached hydrogen (secondary N) is 2. The van der Waals surface area contributed by atoms with Crippen molar-refractivity contribution in [2.75, 3.05) is 25.9 Å². The SMILES string of the molecule is CS(=O)(=O)c1ccc(-c2ccc(C3(O)CCC(N4CC[C@@H](NC(=O)CNC(=O)c5cccc(C(F)(F)F)c5)C4)CC3)cc2)cc1. The fourth-order valence-electron chi connectivity index (χ4n) is 6.22. The number of nitrogens with zero attached hydrogens (tertiary/aromatic N) is 1. The van der Waals surface area contributed by atoms with E-state index < -0.39 is 39.0 Å². The lowest BCUT2D eigenvalue weighted by atomic mass is 9.77. The molecule has 0 aromatic heterocycles. The molecule has 1 saturated carbocycles. The van der Waals surface area contributed by atoms with Crippen LogP contribution in [0.15, 0.2) is 77.7 Å². The minimum Gasteiger partial charge on any atom is -0.385 e. The predicted molar refractivity (Wildman–Crippen MR) is 163 cm³/mol. The first-order chi connectivity index (χ1) is 21.2. The van der Waals surface area contributed by atoms with Crippen molar-refractivity contribution in [2.24, 2.45) is 0 Å². The van der Waals surface area contributed by atoms with Crippen molar-refractivity contribution < 1.29 is 36.3 Å². The maximum Gasteiger partial charge on any atom is 0.416 e. The second kappa shape index (κ2) is 12.9. The number of carbonyl (C=O) groups is 2.